The molecule has 0 unspecified atom stereocenters. The van der Waals surface area contributed by atoms with E-state index in [4.69, 9.17) is 17.9 Å². The summed E-state index contributed by atoms with van der Waals surface area (Å²) >= 11 is 0. The molecule has 0 bridgehead atoms. The van der Waals surface area contributed by atoms with E-state index in [9.17, 15) is 19.2 Å². The fraction of sp³-hybridized carbons (Fsp3) is 0.154. The van der Waals surface area contributed by atoms with Gasteiger partial charge in [0.05, 0.1) is 60.9 Å². The predicted molar refractivity (Wildman–Crippen MR) is 353 cm³/mol. The molecule has 412 valence electrons. The second kappa shape index (κ2) is 21.1. The highest BCUT2D eigenvalue weighted by atomic mass is 28.3. The van der Waals surface area contributed by atoms with Crippen molar-refractivity contribution < 1.29 is 36.7 Å². The Hall–Kier alpha value is -9.36. The Kier molecular flexibility index (Phi) is 8.95. The lowest BCUT2D eigenvalue weighted by molar-refractivity contribution is -0.570. The average Bonchev–Trinajstić information content (AvgIpc) is 0.688. The highest BCUT2D eigenvalue weighted by Gasteiger charge is 2.44. The van der Waals surface area contributed by atoms with Gasteiger partial charge in [-0.1, -0.05) is 256 Å². The molecule has 0 saturated heterocycles. The van der Waals surface area contributed by atoms with Gasteiger partial charge in [-0.05, 0) is 131 Å². The molecule has 3 aromatic heterocycles. The summed E-state index contributed by atoms with van der Waals surface area (Å²) < 4.78 is 205. The van der Waals surface area contributed by atoms with Gasteiger partial charge in [-0.25, -0.2) is 4.98 Å². The van der Waals surface area contributed by atoms with Crippen LogP contribution in [0.25, 0.3) is 72.3 Å². The summed E-state index contributed by atoms with van der Waals surface area (Å²) in [6, 6.07) is 22.0. The van der Waals surface area contributed by atoms with E-state index in [1.54, 1.807) is 63.7 Å². The second-order valence-electron chi connectivity index (χ2n) is 24.0. The minimum atomic E-state index is -6.26. The minimum absolute atomic E-state index is 0.0826. The van der Waals surface area contributed by atoms with E-state index in [2.05, 4.69) is 43.8 Å². The molecule has 0 amide bonds. The van der Waals surface area contributed by atoms with E-state index in [-0.39, 0.29) is 27.4 Å². The van der Waals surface area contributed by atoms with Gasteiger partial charge < -0.3 is 4.74 Å². The Bertz CT molecular complexity index is 5510. The van der Waals surface area contributed by atoms with Crippen LogP contribution in [0, 0.1) is 6.33 Å². The monoisotopic (exact) mass is 1130 g/mol. The maximum Gasteiger partial charge on any atom is 0.269 e. The van der Waals surface area contributed by atoms with Crippen molar-refractivity contribution in [3.63, 3.8) is 0 Å². The molecule has 0 radical (unpaired) electrons. The Morgan fingerprint density at radius 3 is 1.64 bits per heavy atom. The van der Waals surface area contributed by atoms with Crippen molar-refractivity contribution in [2.75, 3.05) is 0 Å². The van der Waals surface area contributed by atoms with Crippen LogP contribution in [0.1, 0.15) is 106 Å². The maximum atomic E-state index is 10.3. The van der Waals surface area contributed by atoms with Crippen molar-refractivity contribution in [3.8, 4) is 50.9 Å². The number of rotatable bonds is 11. The SMILES string of the molecule is [2H]c1c([2H])c([2H])c(-c2cc(-c3cc(C(C)(C)C)cc(C(C)(C)C)c3)c(-[n+]3[c-]n(-c4cccc(Oc5ccc6c7ccccc7n(-c7cc(C(C)(C)C)ccn7)c6c5)c4)c4ccccc43)c([Si](c3c([2H])c([2H])c([2H])c([2H])c3[2H])(c3c([2H])c([2H])c([2H])c([2H])c3[2H])c3c([2H])c([2H])c([2H])c([2H])c3[2H])c2)c([2H])c1[2H]. The Morgan fingerprint density at radius 1 is 0.464 bits per heavy atom. The molecule has 10 aromatic carbocycles. The number of nitrogens with zero attached hydrogens (tertiary/aromatic N) is 4. The molecule has 0 fully saturated rings. The van der Waals surface area contributed by atoms with Gasteiger partial charge in [0.25, 0.3) is 6.33 Å². The molecule has 0 aliphatic rings. The molecular weight excluding hydrogens is 1040 g/mol. The summed E-state index contributed by atoms with van der Waals surface area (Å²) in [5.74, 6) is 1.55. The molecule has 0 saturated carbocycles. The predicted octanol–water partition coefficient (Wildman–Crippen LogP) is 16.6. The van der Waals surface area contributed by atoms with Gasteiger partial charge in [-0.3, -0.25) is 13.7 Å². The minimum Gasteiger partial charge on any atom is -0.458 e. The van der Waals surface area contributed by atoms with Gasteiger partial charge in [-0.15, -0.1) is 0 Å². The van der Waals surface area contributed by atoms with Crippen LogP contribution in [-0.4, -0.2) is 22.2 Å². The highest BCUT2D eigenvalue weighted by Crippen LogP contribution is 2.40. The summed E-state index contributed by atoms with van der Waals surface area (Å²) in [7, 11) is -6.26. The summed E-state index contributed by atoms with van der Waals surface area (Å²) in [6.07, 6.45) is 5.40. The number of para-hydroxylation sites is 3. The van der Waals surface area contributed by atoms with Crippen molar-refractivity contribution in [2.24, 2.45) is 0 Å². The molecule has 5 nitrogen and oxygen atoms in total. The van der Waals surface area contributed by atoms with Crippen molar-refractivity contribution in [2.45, 2.75) is 78.6 Å². The van der Waals surface area contributed by atoms with Gasteiger partial charge in [-0.2, -0.15) is 0 Å². The van der Waals surface area contributed by atoms with Crippen molar-refractivity contribution in [1.82, 2.24) is 14.1 Å². The molecule has 6 heteroatoms. The third-order valence-electron chi connectivity index (χ3n) is 15.5. The lowest BCUT2D eigenvalue weighted by Gasteiger charge is -2.37. The van der Waals surface area contributed by atoms with Crippen LogP contribution in [0.4, 0.5) is 0 Å². The third kappa shape index (κ3) is 9.74. The van der Waals surface area contributed by atoms with Crippen LogP contribution >= 0.6 is 0 Å². The number of pyridine rings is 1. The van der Waals surface area contributed by atoms with Crippen LogP contribution in [0.15, 0.2) is 261 Å². The number of imidazole rings is 1. The fourth-order valence-electron chi connectivity index (χ4n) is 11.2. The summed E-state index contributed by atoms with van der Waals surface area (Å²) in [6.45, 7) is 18.4. The van der Waals surface area contributed by atoms with Gasteiger partial charge in [0.15, 0.2) is 8.07 Å². The molecule has 84 heavy (non-hydrogen) atoms. The molecule has 0 spiro atoms. The number of benzene rings is 10. The van der Waals surface area contributed by atoms with Gasteiger partial charge in [0.1, 0.15) is 17.3 Å². The molecule has 0 N–H and O–H groups in total. The Labute approximate surface area is 523 Å². The van der Waals surface area contributed by atoms with Crippen LogP contribution in [0.2, 0.25) is 0 Å². The largest absolute Gasteiger partial charge is 0.458 e. The first-order valence-corrected chi connectivity index (χ1v) is 29.7. The van der Waals surface area contributed by atoms with Crippen molar-refractivity contribution in [3.05, 3.63) is 284 Å². The number of aromatic nitrogens is 4. The number of hydrogen-bond donors (Lipinski definition) is 0. The molecule has 13 rings (SSSR count). The summed E-state index contributed by atoms with van der Waals surface area (Å²) in [5.41, 5.74) is 3.71. The standard InChI is InChI=1S/C78H70N4OSi/c1-76(2,3)57-43-44-79-74(50-57)82-69-38-23-22-37-66(69)67-42-41-62(52-72(67)82)83-61-30-26-29-60(51-61)80-53-81(71-40-25-24-39-70(71)80)75-68(56-45-58(77(4,5)6)49-59(46-56)78(7,8)9)47-55(54-27-14-10-15-28-54)48-73(75)84(63-31-16-11-17-32-63,64-33-18-12-19-34-64)65-35-20-13-21-36-65/h10-52H,1-9H3/i10D,11D,12D,13D,14D,15D,16D,17D,18D,19D,20D,21D,27D,28D,31D,32D,33D,34D,35D,36D. The molecular formula is C78H70N4OSi. The van der Waals surface area contributed by atoms with Gasteiger partial charge in [0, 0.05) is 23.0 Å². The molecule has 3 heterocycles. The molecule has 0 aliphatic carbocycles. The second-order valence-corrected chi connectivity index (χ2v) is 27.6. The smallest absolute Gasteiger partial charge is 0.269 e. The quantitative estimate of drug-likeness (QED) is 0.0560. The third-order valence-corrected chi connectivity index (χ3v) is 19.7. The normalized spacial score (nSPS) is 15.7. The zero-order valence-corrected chi connectivity index (χ0v) is 49.0. The van der Waals surface area contributed by atoms with Crippen LogP contribution < -0.4 is 30.1 Å². The number of hydrogen-bond acceptors (Lipinski definition) is 2. The summed E-state index contributed by atoms with van der Waals surface area (Å²) in [5, 5.41) is -0.866. The maximum absolute atomic E-state index is 10.3. The van der Waals surface area contributed by atoms with Crippen LogP contribution in [-0.2, 0) is 16.2 Å². The molecule has 0 atom stereocenters. The zero-order valence-electron chi connectivity index (χ0n) is 68.0. The zero-order chi connectivity index (χ0) is 75.4. The fourth-order valence-corrected chi connectivity index (χ4v) is 15.2. The average molecular weight is 1130 g/mol. The van der Waals surface area contributed by atoms with E-state index in [1.807, 2.05) is 108 Å². The highest BCUT2D eigenvalue weighted by molar-refractivity contribution is 7.20. The number of ether oxygens (including phenoxy) is 1. The van der Waals surface area contributed by atoms with E-state index in [1.165, 1.54) is 6.07 Å². The van der Waals surface area contributed by atoms with Gasteiger partial charge in [0.2, 0.25) is 0 Å². The first-order chi connectivity index (χ1) is 48.8. The molecule has 0 aliphatic heterocycles. The van der Waals surface area contributed by atoms with Crippen LogP contribution in [0.3, 0.4) is 0 Å². The first-order valence-electron chi connectivity index (χ1n) is 37.7. The van der Waals surface area contributed by atoms with Crippen molar-refractivity contribution >= 4 is 61.7 Å². The van der Waals surface area contributed by atoms with Crippen LogP contribution in [0.5, 0.6) is 11.5 Å². The first kappa shape index (κ1) is 35.6. The van der Waals surface area contributed by atoms with Gasteiger partial charge >= 0.3 is 0 Å². The summed E-state index contributed by atoms with van der Waals surface area (Å²) in [4.78, 5) is 4.87. The lowest BCUT2D eigenvalue weighted by atomic mass is 9.78. The van der Waals surface area contributed by atoms with E-state index in [0.29, 0.717) is 39.6 Å². The Morgan fingerprint density at radius 2 is 1.02 bits per heavy atom. The molecule has 13 aromatic rings. The van der Waals surface area contributed by atoms with E-state index in [0.717, 1.165) is 38.5 Å². The Balaban J connectivity index is 1.23. The van der Waals surface area contributed by atoms with E-state index < -0.39 is 161 Å². The topological polar surface area (TPSA) is 35.9 Å². The lowest BCUT2D eigenvalue weighted by Crippen LogP contribution is -2.76. The van der Waals surface area contributed by atoms with E-state index >= 15 is 0 Å². The van der Waals surface area contributed by atoms with Crippen molar-refractivity contribution in [1.29, 1.82) is 0 Å². The number of fused-ring (bicyclic) bond motifs is 4.